The van der Waals surface area contributed by atoms with E-state index in [1.807, 2.05) is 33.0 Å². The predicted octanol–water partition coefficient (Wildman–Crippen LogP) is 2.69. The van der Waals surface area contributed by atoms with Crippen molar-refractivity contribution in [1.82, 2.24) is 9.78 Å². The second kappa shape index (κ2) is 5.46. The van der Waals surface area contributed by atoms with E-state index in [1.54, 1.807) is 10.7 Å². The van der Waals surface area contributed by atoms with E-state index in [-0.39, 0.29) is 0 Å². The van der Waals surface area contributed by atoms with Gasteiger partial charge in [0, 0.05) is 12.7 Å². The summed E-state index contributed by atoms with van der Waals surface area (Å²) in [5.41, 5.74) is 9.33. The van der Waals surface area contributed by atoms with Crippen LogP contribution in [0.3, 0.4) is 0 Å². The first-order valence-corrected chi connectivity index (χ1v) is 7.94. The van der Waals surface area contributed by atoms with Gasteiger partial charge in [-0.05, 0) is 47.5 Å². The Morgan fingerprint density at radius 1 is 1.42 bits per heavy atom. The largest absolute Gasteiger partial charge is 0.398 e. The van der Waals surface area contributed by atoms with E-state index in [0.29, 0.717) is 16.3 Å². The molecule has 0 fully saturated rings. The Morgan fingerprint density at radius 2 is 2.11 bits per heavy atom. The van der Waals surface area contributed by atoms with Gasteiger partial charge in [-0.15, -0.1) is 0 Å². The Bertz CT molecular complexity index is 652. The van der Waals surface area contributed by atoms with Crippen molar-refractivity contribution in [1.29, 1.82) is 0 Å². The van der Waals surface area contributed by atoms with Gasteiger partial charge in [0.2, 0.25) is 0 Å². The number of aryl methyl sites for hydroxylation is 3. The summed E-state index contributed by atoms with van der Waals surface area (Å²) in [7, 11) is 0.672. The number of rotatable bonds is 3. The molecule has 1 aromatic heterocycles. The first kappa shape index (κ1) is 14.3. The molecule has 1 heterocycles. The summed E-state index contributed by atoms with van der Waals surface area (Å²) >= 11 is 3.49. The number of nitrogens with zero attached hydrogens (tertiary/aromatic N) is 2. The standard InChI is InChI=1S/C13H16BrN3OS/c1-8-4-5-10(15)12(6-8)19(18)7-11-13(14)9(2)16-17(11)3/h4-6H,7,15H2,1-3H3. The molecule has 0 saturated heterocycles. The normalized spacial score (nSPS) is 12.6. The Kier molecular flexibility index (Phi) is 4.10. The minimum absolute atomic E-state index is 0.394. The van der Waals surface area contributed by atoms with Crippen molar-refractivity contribution >= 4 is 32.4 Å². The zero-order valence-electron chi connectivity index (χ0n) is 11.1. The topological polar surface area (TPSA) is 60.9 Å². The van der Waals surface area contributed by atoms with Crippen LogP contribution >= 0.6 is 15.9 Å². The zero-order valence-corrected chi connectivity index (χ0v) is 13.5. The minimum atomic E-state index is -1.18. The smallest absolute Gasteiger partial charge is 0.0738 e. The third-order valence-corrected chi connectivity index (χ3v) is 5.36. The SMILES string of the molecule is Cc1ccc(N)c(S(=O)Cc2c(Br)c(C)nn2C)c1. The molecule has 0 saturated carbocycles. The van der Waals surface area contributed by atoms with Gasteiger partial charge in [0.05, 0.1) is 37.3 Å². The molecule has 2 rings (SSSR count). The van der Waals surface area contributed by atoms with Gasteiger partial charge in [-0.25, -0.2) is 0 Å². The third-order valence-electron chi connectivity index (χ3n) is 2.94. The van der Waals surface area contributed by atoms with Gasteiger partial charge in [-0.3, -0.25) is 8.89 Å². The molecule has 2 N–H and O–H groups in total. The van der Waals surface area contributed by atoms with Crippen LogP contribution in [0.5, 0.6) is 0 Å². The molecule has 0 aliphatic rings. The van der Waals surface area contributed by atoms with Crippen molar-refractivity contribution in [2.75, 3.05) is 5.73 Å². The van der Waals surface area contributed by atoms with E-state index in [9.17, 15) is 4.21 Å². The number of halogens is 1. The van der Waals surface area contributed by atoms with Crippen LogP contribution in [-0.2, 0) is 23.6 Å². The molecule has 1 aromatic carbocycles. The van der Waals surface area contributed by atoms with Crippen LogP contribution in [0.2, 0.25) is 0 Å². The minimum Gasteiger partial charge on any atom is -0.398 e. The predicted molar refractivity (Wildman–Crippen MR) is 81.3 cm³/mol. The summed E-state index contributed by atoms with van der Waals surface area (Å²) in [6, 6.07) is 5.59. The van der Waals surface area contributed by atoms with Gasteiger partial charge >= 0.3 is 0 Å². The number of benzene rings is 1. The summed E-state index contributed by atoms with van der Waals surface area (Å²) in [6.07, 6.45) is 0. The molecule has 6 heteroatoms. The molecule has 4 nitrogen and oxygen atoms in total. The van der Waals surface area contributed by atoms with Gasteiger partial charge in [0.25, 0.3) is 0 Å². The van der Waals surface area contributed by atoms with Crippen molar-refractivity contribution in [3.63, 3.8) is 0 Å². The quantitative estimate of drug-likeness (QED) is 0.873. The van der Waals surface area contributed by atoms with E-state index in [0.717, 1.165) is 21.4 Å². The van der Waals surface area contributed by atoms with Crippen molar-refractivity contribution in [3.05, 3.63) is 39.6 Å². The molecule has 0 amide bonds. The molecule has 2 aromatic rings. The van der Waals surface area contributed by atoms with Crippen molar-refractivity contribution in [3.8, 4) is 0 Å². The lowest BCUT2D eigenvalue weighted by molar-refractivity contribution is 0.676. The van der Waals surface area contributed by atoms with Crippen LogP contribution in [0.25, 0.3) is 0 Å². The average Bonchev–Trinajstić information content (AvgIpc) is 2.59. The molecular formula is C13H16BrN3OS. The van der Waals surface area contributed by atoms with Crippen molar-refractivity contribution < 1.29 is 4.21 Å². The van der Waals surface area contributed by atoms with Crippen LogP contribution in [0.15, 0.2) is 27.6 Å². The first-order chi connectivity index (χ1) is 8.90. The highest BCUT2D eigenvalue weighted by molar-refractivity contribution is 9.10. The van der Waals surface area contributed by atoms with Crippen LogP contribution < -0.4 is 5.73 Å². The van der Waals surface area contributed by atoms with Crippen molar-refractivity contribution in [2.45, 2.75) is 24.5 Å². The summed E-state index contributed by atoms with van der Waals surface area (Å²) < 4.78 is 15.1. The fourth-order valence-corrected chi connectivity index (χ4v) is 3.92. The highest BCUT2D eigenvalue weighted by atomic mass is 79.9. The maximum Gasteiger partial charge on any atom is 0.0738 e. The second-order valence-corrected chi connectivity index (χ2v) is 6.71. The van der Waals surface area contributed by atoms with Gasteiger partial charge in [0.1, 0.15) is 0 Å². The fourth-order valence-electron chi connectivity index (χ4n) is 1.88. The molecule has 1 atom stereocenters. The summed E-state index contributed by atoms with van der Waals surface area (Å²) in [5.74, 6) is 0.394. The lowest BCUT2D eigenvalue weighted by atomic mass is 10.2. The molecule has 102 valence electrons. The van der Waals surface area contributed by atoms with Crippen molar-refractivity contribution in [2.24, 2.45) is 7.05 Å². The first-order valence-electron chi connectivity index (χ1n) is 5.82. The molecule has 19 heavy (non-hydrogen) atoms. The maximum atomic E-state index is 12.5. The molecular weight excluding hydrogens is 326 g/mol. The number of hydrogen-bond acceptors (Lipinski definition) is 3. The lowest BCUT2D eigenvalue weighted by Crippen LogP contribution is -2.06. The Morgan fingerprint density at radius 3 is 2.68 bits per heavy atom. The maximum absolute atomic E-state index is 12.5. The average molecular weight is 342 g/mol. The van der Waals surface area contributed by atoms with Crippen LogP contribution in [0, 0.1) is 13.8 Å². The summed E-state index contributed by atoms with van der Waals surface area (Å²) in [5, 5.41) is 4.30. The molecule has 1 unspecified atom stereocenters. The van der Waals surface area contributed by atoms with E-state index in [4.69, 9.17) is 5.73 Å². The molecule has 0 spiro atoms. The second-order valence-electron chi connectivity index (χ2n) is 4.50. The fraction of sp³-hybridized carbons (Fsp3) is 0.308. The number of hydrogen-bond donors (Lipinski definition) is 1. The van der Waals surface area contributed by atoms with Gasteiger partial charge in [-0.2, -0.15) is 5.10 Å². The molecule has 0 aliphatic heterocycles. The van der Waals surface area contributed by atoms with Gasteiger partial charge in [-0.1, -0.05) is 6.07 Å². The van der Waals surface area contributed by atoms with E-state index in [1.165, 1.54) is 0 Å². The highest BCUT2D eigenvalue weighted by Gasteiger charge is 2.16. The zero-order chi connectivity index (χ0) is 14.2. The van der Waals surface area contributed by atoms with E-state index in [2.05, 4.69) is 21.0 Å². The summed E-state index contributed by atoms with van der Waals surface area (Å²) in [4.78, 5) is 0.686. The van der Waals surface area contributed by atoms with Gasteiger partial charge < -0.3 is 5.73 Å². The Labute approximate surface area is 123 Å². The van der Waals surface area contributed by atoms with Crippen LogP contribution in [0.1, 0.15) is 17.0 Å². The monoisotopic (exact) mass is 341 g/mol. The van der Waals surface area contributed by atoms with E-state index >= 15 is 0 Å². The molecule has 0 radical (unpaired) electrons. The summed E-state index contributed by atoms with van der Waals surface area (Å²) in [6.45, 7) is 3.88. The molecule has 0 bridgehead atoms. The number of nitrogen functional groups attached to an aromatic ring is 1. The Balaban J connectivity index is 2.33. The lowest BCUT2D eigenvalue weighted by Gasteiger charge is -2.07. The highest BCUT2D eigenvalue weighted by Crippen LogP contribution is 2.25. The number of aromatic nitrogens is 2. The Hall–Kier alpha value is -1.14. The molecule has 0 aliphatic carbocycles. The van der Waals surface area contributed by atoms with E-state index < -0.39 is 10.8 Å². The number of anilines is 1. The number of nitrogens with two attached hydrogens (primary N) is 1. The van der Waals surface area contributed by atoms with Gasteiger partial charge in [0.15, 0.2) is 0 Å². The van der Waals surface area contributed by atoms with Crippen LogP contribution in [-0.4, -0.2) is 14.0 Å². The van der Waals surface area contributed by atoms with Crippen LogP contribution in [0.4, 0.5) is 5.69 Å². The third kappa shape index (κ3) is 2.90.